The van der Waals surface area contributed by atoms with Crippen LogP contribution in [0.3, 0.4) is 0 Å². The number of aromatic nitrogens is 2. The molecule has 1 aromatic heterocycles. The van der Waals surface area contributed by atoms with Gasteiger partial charge in [0.1, 0.15) is 5.01 Å². The lowest BCUT2D eigenvalue weighted by Gasteiger charge is -2.07. The van der Waals surface area contributed by atoms with Crippen molar-refractivity contribution in [2.24, 2.45) is 0 Å². The summed E-state index contributed by atoms with van der Waals surface area (Å²) in [7, 11) is 0. The van der Waals surface area contributed by atoms with Crippen molar-refractivity contribution in [2.75, 3.05) is 5.32 Å². The number of carbonyl (C=O) groups is 1. The molecule has 26 heavy (non-hydrogen) atoms. The number of amides is 1. The number of nitrogens with one attached hydrogen (secondary N) is 2. The highest BCUT2D eigenvalue weighted by Gasteiger charge is 2.10. The Morgan fingerprint density at radius 3 is 2.46 bits per heavy atom. The summed E-state index contributed by atoms with van der Waals surface area (Å²) < 4.78 is 0. The summed E-state index contributed by atoms with van der Waals surface area (Å²) in [4.78, 5) is 12.1. The third kappa shape index (κ3) is 5.13. The first kappa shape index (κ1) is 18.1. The third-order valence-corrected chi connectivity index (χ3v) is 4.78. The van der Waals surface area contributed by atoms with Crippen LogP contribution in [0.4, 0.5) is 10.8 Å². The first-order chi connectivity index (χ1) is 12.6. The van der Waals surface area contributed by atoms with Gasteiger partial charge in [0, 0.05) is 12.2 Å². The minimum Gasteiger partial charge on any atom is -0.352 e. The van der Waals surface area contributed by atoms with Crippen LogP contribution in [-0.4, -0.2) is 16.1 Å². The van der Waals surface area contributed by atoms with E-state index in [9.17, 15) is 4.79 Å². The van der Waals surface area contributed by atoms with Crippen LogP contribution in [0.15, 0.2) is 54.6 Å². The fourth-order valence-electron chi connectivity index (χ4n) is 2.44. The van der Waals surface area contributed by atoms with Gasteiger partial charge in [-0.05, 0) is 29.2 Å². The minimum absolute atomic E-state index is 0.0552. The number of anilines is 2. The van der Waals surface area contributed by atoms with E-state index in [0.717, 1.165) is 11.3 Å². The monoisotopic (exact) mass is 366 g/mol. The van der Waals surface area contributed by atoms with Gasteiger partial charge >= 0.3 is 0 Å². The van der Waals surface area contributed by atoms with Gasteiger partial charge in [0.25, 0.3) is 0 Å². The van der Waals surface area contributed by atoms with Gasteiger partial charge in [-0.15, -0.1) is 10.2 Å². The molecule has 0 unspecified atom stereocenters. The molecule has 134 valence electrons. The lowest BCUT2D eigenvalue weighted by molar-refractivity contribution is -0.120. The quantitative estimate of drug-likeness (QED) is 0.655. The summed E-state index contributed by atoms with van der Waals surface area (Å²) in [6.45, 7) is 4.85. The van der Waals surface area contributed by atoms with Gasteiger partial charge in [-0.25, -0.2) is 0 Å². The summed E-state index contributed by atoms with van der Waals surface area (Å²) in [6.07, 6.45) is 0.234. The SMILES string of the molecule is CC(C)c1ccc(CNC(=O)Cc2nnc(Nc3ccccc3)s2)cc1. The maximum Gasteiger partial charge on any atom is 0.227 e. The Kier molecular flexibility index (Phi) is 5.96. The first-order valence-electron chi connectivity index (χ1n) is 8.60. The fraction of sp³-hybridized carbons (Fsp3) is 0.250. The van der Waals surface area contributed by atoms with Crippen molar-refractivity contribution in [2.45, 2.75) is 32.7 Å². The zero-order valence-electron chi connectivity index (χ0n) is 14.9. The van der Waals surface area contributed by atoms with E-state index in [0.29, 0.717) is 22.6 Å². The van der Waals surface area contributed by atoms with Crippen LogP contribution in [0.5, 0.6) is 0 Å². The molecule has 0 aliphatic rings. The van der Waals surface area contributed by atoms with E-state index < -0.39 is 0 Å². The summed E-state index contributed by atoms with van der Waals surface area (Å²) in [5.74, 6) is 0.454. The Labute approximate surface area is 157 Å². The average molecular weight is 366 g/mol. The number of nitrogens with zero attached hydrogens (tertiary/aromatic N) is 2. The van der Waals surface area contributed by atoms with E-state index in [1.807, 2.05) is 30.3 Å². The first-order valence-corrected chi connectivity index (χ1v) is 9.42. The second kappa shape index (κ2) is 8.58. The summed E-state index contributed by atoms with van der Waals surface area (Å²) in [6, 6.07) is 18.1. The molecule has 0 radical (unpaired) electrons. The molecule has 0 atom stereocenters. The fourth-order valence-corrected chi connectivity index (χ4v) is 3.20. The maximum absolute atomic E-state index is 12.1. The highest BCUT2D eigenvalue weighted by molar-refractivity contribution is 7.15. The van der Waals surface area contributed by atoms with Crippen molar-refractivity contribution >= 4 is 28.1 Å². The Balaban J connectivity index is 1.49. The Bertz CT molecular complexity index is 844. The number of para-hydroxylation sites is 1. The largest absolute Gasteiger partial charge is 0.352 e. The number of hydrogen-bond acceptors (Lipinski definition) is 5. The van der Waals surface area contributed by atoms with Gasteiger partial charge in [0.2, 0.25) is 11.0 Å². The maximum atomic E-state index is 12.1. The summed E-state index contributed by atoms with van der Waals surface area (Å²) in [5, 5.41) is 15.7. The number of rotatable bonds is 7. The van der Waals surface area contributed by atoms with Crippen LogP contribution in [0.2, 0.25) is 0 Å². The van der Waals surface area contributed by atoms with Crippen LogP contribution in [0, 0.1) is 0 Å². The van der Waals surface area contributed by atoms with Gasteiger partial charge < -0.3 is 10.6 Å². The van der Waals surface area contributed by atoms with E-state index in [1.54, 1.807) is 0 Å². The van der Waals surface area contributed by atoms with Gasteiger partial charge in [0.15, 0.2) is 0 Å². The lowest BCUT2D eigenvalue weighted by atomic mass is 10.0. The molecule has 0 aliphatic carbocycles. The molecule has 2 N–H and O–H groups in total. The molecule has 3 aromatic rings. The zero-order chi connectivity index (χ0) is 18.4. The summed E-state index contributed by atoms with van der Waals surface area (Å²) >= 11 is 1.39. The second-order valence-corrected chi connectivity index (χ2v) is 7.40. The van der Waals surface area contributed by atoms with E-state index >= 15 is 0 Å². The second-order valence-electron chi connectivity index (χ2n) is 6.34. The Morgan fingerprint density at radius 1 is 1.04 bits per heavy atom. The smallest absolute Gasteiger partial charge is 0.227 e. The molecule has 2 aromatic carbocycles. The van der Waals surface area contributed by atoms with Gasteiger partial charge in [0.05, 0.1) is 6.42 Å². The van der Waals surface area contributed by atoms with E-state index in [2.05, 4.69) is 58.9 Å². The van der Waals surface area contributed by atoms with Crippen molar-refractivity contribution in [1.82, 2.24) is 15.5 Å². The van der Waals surface area contributed by atoms with Crippen LogP contribution in [-0.2, 0) is 17.8 Å². The van der Waals surface area contributed by atoms with Gasteiger partial charge in [-0.3, -0.25) is 4.79 Å². The van der Waals surface area contributed by atoms with E-state index in [4.69, 9.17) is 0 Å². The molecule has 0 fully saturated rings. The predicted molar refractivity (Wildman–Crippen MR) is 106 cm³/mol. The molecule has 1 heterocycles. The Hall–Kier alpha value is -2.73. The molecule has 0 spiro atoms. The minimum atomic E-state index is -0.0552. The highest BCUT2D eigenvalue weighted by Crippen LogP contribution is 2.20. The molecule has 0 aliphatic heterocycles. The normalized spacial score (nSPS) is 10.7. The molecular formula is C20H22N4OS. The van der Waals surface area contributed by atoms with Crippen molar-refractivity contribution in [1.29, 1.82) is 0 Å². The van der Waals surface area contributed by atoms with E-state index in [1.165, 1.54) is 16.9 Å². The number of benzene rings is 2. The van der Waals surface area contributed by atoms with Crippen molar-refractivity contribution in [3.63, 3.8) is 0 Å². The molecule has 0 saturated carbocycles. The molecular weight excluding hydrogens is 344 g/mol. The molecule has 1 amide bonds. The van der Waals surface area contributed by atoms with Crippen molar-refractivity contribution < 1.29 is 4.79 Å². The third-order valence-electron chi connectivity index (χ3n) is 3.94. The predicted octanol–water partition coefficient (Wildman–Crippen LogP) is 4.26. The Morgan fingerprint density at radius 2 is 1.77 bits per heavy atom. The highest BCUT2D eigenvalue weighted by atomic mass is 32.1. The van der Waals surface area contributed by atoms with Gasteiger partial charge in [-0.1, -0.05) is 67.6 Å². The zero-order valence-corrected chi connectivity index (χ0v) is 15.7. The summed E-state index contributed by atoms with van der Waals surface area (Å²) in [5.41, 5.74) is 3.34. The number of carbonyl (C=O) groups excluding carboxylic acids is 1. The van der Waals surface area contributed by atoms with Crippen LogP contribution >= 0.6 is 11.3 Å². The van der Waals surface area contributed by atoms with Crippen molar-refractivity contribution in [3.8, 4) is 0 Å². The van der Waals surface area contributed by atoms with Crippen LogP contribution in [0.25, 0.3) is 0 Å². The standard InChI is InChI=1S/C20H22N4OS/c1-14(2)16-10-8-15(9-11-16)13-21-18(25)12-19-23-24-20(26-19)22-17-6-4-3-5-7-17/h3-11,14H,12-13H2,1-2H3,(H,21,25)(H,22,24). The molecule has 0 saturated heterocycles. The molecule has 6 heteroatoms. The average Bonchev–Trinajstić information content (AvgIpc) is 3.08. The van der Waals surface area contributed by atoms with E-state index in [-0.39, 0.29) is 12.3 Å². The van der Waals surface area contributed by atoms with Crippen molar-refractivity contribution in [3.05, 3.63) is 70.7 Å². The molecule has 0 bridgehead atoms. The number of hydrogen-bond donors (Lipinski definition) is 2. The van der Waals surface area contributed by atoms with Gasteiger partial charge in [-0.2, -0.15) is 0 Å². The molecule has 5 nitrogen and oxygen atoms in total. The van der Waals surface area contributed by atoms with Crippen LogP contribution < -0.4 is 10.6 Å². The lowest BCUT2D eigenvalue weighted by Crippen LogP contribution is -2.24. The molecule has 3 rings (SSSR count). The topological polar surface area (TPSA) is 66.9 Å². The van der Waals surface area contributed by atoms with Crippen LogP contribution in [0.1, 0.15) is 35.9 Å².